The summed E-state index contributed by atoms with van der Waals surface area (Å²) in [5.74, 6) is 0.743. The van der Waals surface area contributed by atoms with Gasteiger partial charge >= 0.3 is 0 Å². The lowest BCUT2D eigenvalue weighted by molar-refractivity contribution is -0.118. The second-order valence-electron chi connectivity index (χ2n) is 4.81. The first-order chi connectivity index (χ1) is 10.6. The number of nitrogens with zero attached hydrogens (tertiary/aromatic N) is 1. The third-order valence-electron chi connectivity index (χ3n) is 3.33. The molecule has 116 valence electrons. The molecule has 1 N–H and O–H groups in total. The summed E-state index contributed by atoms with van der Waals surface area (Å²) >= 11 is 5.98. The van der Waals surface area contributed by atoms with E-state index in [1.165, 1.54) is 0 Å². The van der Waals surface area contributed by atoms with Crippen LogP contribution in [0.4, 0.5) is 11.4 Å². The van der Waals surface area contributed by atoms with E-state index in [9.17, 15) is 4.79 Å². The fourth-order valence-electron chi connectivity index (χ4n) is 2.09. The van der Waals surface area contributed by atoms with E-state index in [1.54, 1.807) is 37.3 Å². The highest BCUT2D eigenvalue weighted by Crippen LogP contribution is 2.27. The van der Waals surface area contributed by atoms with Crippen molar-refractivity contribution in [3.05, 3.63) is 53.6 Å². The predicted molar refractivity (Wildman–Crippen MR) is 91.0 cm³/mol. The van der Waals surface area contributed by atoms with E-state index in [1.807, 2.05) is 30.3 Å². The van der Waals surface area contributed by atoms with Crippen molar-refractivity contribution in [2.75, 3.05) is 30.9 Å². The molecule has 0 radical (unpaired) electrons. The van der Waals surface area contributed by atoms with Crippen LogP contribution in [0.25, 0.3) is 0 Å². The van der Waals surface area contributed by atoms with Gasteiger partial charge in [-0.15, -0.1) is 0 Å². The molecule has 0 atom stereocenters. The summed E-state index contributed by atoms with van der Waals surface area (Å²) in [6, 6.07) is 14.9. The highest BCUT2D eigenvalue weighted by atomic mass is 35.5. The zero-order valence-corrected chi connectivity index (χ0v) is 13.4. The summed E-state index contributed by atoms with van der Waals surface area (Å²) in [5, 5.41) is 3.81. The van der Waals surface area contributed by atoms with Crippen molar-refractivity contribution in [1.82, 2.24) is 0 Å². The monoisotopic (exact) mass is 318 g/mol. The van der Waals surface area contributed by atoms with E-state index >= 15 is 0 Å². The van der Waals surface area contributed by atoms with Crippen molar-refractivity contribution in [2.24, 2.45) is 0 Å². The van der Waals surface area contributed by atoms with Gasteiger partial charge in [0.15, 0.2) is 0 Å². The average molecular weight is 319 g/mol. The molecule has 1 amide bonds. The first-order valence-corrected chi connectivity index (χ1v) is 7.38. The molecule has 0 aliphatic heterocycles. The third kappa shape index (κ3) is 4.15. The average Bonchev–Trinajstić information content (AvgIpc) is 2.55. The Hall–Kier alpha value is -2.20. The van der Waals surface area contributed by atoms with Crippen LogP contribution in [0.15, 0.2) is 48.5 Å². The van der Waals surface area contributed by atoms with Crippen LogP contribution in [0, 0.1) is 0 Å². The number of amides is 1. The Bertz CT molecular complexity index is 632. The Morgan fingerprint density at radius 3 is 2.64 bits per heavy atom. The summed E-state index contributed by atoms with van der Waals surface area (Å²) in [4.78, 5) is 13.8. The highest BCUT2D eigenvalue weighted by Gasteiger charge is 2.10. The Morgan fingerprint density at radius 1 is 1.23 bits per heavy atom. The first-order valence-electron chi connectivity index (χ1n) is 7.01. The summed E-state index contributed by atoms with van der Waals surface area (Å²) < 4.78 is 5.26. The van der Waals surface area contributed by atoms with Crippen molar-refractivity contribution >= 4 is 28.9 Å². The molecule has 22 heavy (non-hydrogen) atoms. The van der Waals surface area contributed by atoms with Gasteiger partial charge in [-0.1, -0.05) is 29.8 Å². The molecule has 2 rings (SSSR count). The number of carbonyl (C=O) groups excluding carboxylic acids is 1. The van der Waals surface area contributed by atoms with Crippen molar-refractivity contribution < 1.29 is 9.53 Å². The minimum atomic E-state index is 0.0414. The van der Waals surface area contributed by atoms with Gasteiger partial charge in [0.1, 0.15) is 5.75 Å². The number of hydrogen-bond acceptors (Lipinski definition) is 3. The topological polar surface area (TPSA) is 41.6 Å². The number of para-hydroxylation sites is 1. The van der Waals surface area contributed by atoms with E-state index in [2.05, 4.69) is 5.32 Å². The molecule has 5 heteroatoms. The van der Waals surface area contributed by atoms with Crippen molar-refractivity contribution in [3.63, 3.8) is 0 Å². The molecule has 2 aromatic rings. The van der Waals surface area contributed by atoms with Crippen LogP contribution in [-0.2, 0) is 4.79 Å². The Labute approximate surface area is 135 Å². The van der Waals surface area contributed by atoms with E-state index < -0.39 is 0 Å². The number of halogens is 1. The van der Waals surface area contributed by atoms with Crippen LogP contribution in [0.2, 0.25) is 5.02 Å². The standard InChI is InChI=1S/C17H19ClN2O2/c1-20(14-6-4-3-5-7-14)17(21)10-11-19-15-12-13(18)8-9-16(15)22-2/h3-9,12,19H,10-11H2,1-2H3. The zero-order valence-electron chi connectivity index (χ0n) is 12.7. The number of benzene rings is 2. The summed E-state index contributed by atoms with van der Waals surface area (Å²) in [6.45, 7) is 0.507. The number of carbonyl (C=O) groups is 1. The van der Waals surface area contributed by atoms with Crippen LogP contribution in [-0.4, -0.2) is 26.6 Å². The maximum absolute atomic E-state index is 12.2. The van der Waals surface area contributed by atoms with Gasteiger partial charge in [-0.05, 0) is 30.3 Å². The molecular weight excluding hydrogens is 300 g/mol. The number of hydrogen-bond donors (Lipinski definition) is 1. The molecule has 0 unspecified atom stereocenters. The molecule has 2 aromatic carbocycles. The van der Waals surface area contributed by atoms with E-state index in [0.29, 0.717) is 23.7 Å². The molecule has 0 fully saturated rings. The maximum Gasteiger partial charge on any atom is 0.228 e. The van der Waals surface area contributed by atoms with Gasteiger partial charge in [0.25, 0.3) is 0 Å². The summed E-state index contributed by atoms with van der Waals surface area (Å²) in [5.41, 5.74) is 1.66. The van der Waals surface area contributed by atoms with Crippen LogP contribution in [0.1, 0.15) is 6.42 Å². The molecular formula is C17H19ClN2O2. The number of rotatable bonds is 6. The Morgan fingerprint density at radius 2 is 1.95 bits per heavy atom. The van der Waals surface area contributed by atoms with Gasteiger partial charge in [0.2, 0.25) is 5.91 Å². The van der Waals surface area contributed by atoms with Crippen LogP contribution in [0.3, 0.4) is 0 Å². The van der Waals surface area contributed by atoms with Crippen LogP contribution in [0.5, 0.6) is 5.75 Å². The van der Waals surface area contributed by atoms with Gasteiger partial charge in [0.05, 0.1) is 12.8 Å². The lowest BCUT2D eigenvalue weighted by Gasteiger charge is -2.18. The minimum absolute atomic E-state index is 0.0414. The third-order valence-corrected chi connectivity index (χ3v) is 3.57. The summed E-state index contributed by atoms with van der Waals surface area (Å²) in [6.07, 6.45) is 0.376. The zero-order chi connectivity index (χ0) is 15.9. The molecule has 0 saturated carbocycles. The number of nitrogens with one attached hydrogen (secondary N) is 1. The van der Waals surface area contributed by atoms with Gasteiger partial charge in [0, 0.05) is 30.7 Å². The maximum atomic E-state index is 12.2. The minimum Gasteiger partial charge on any atom is -0.495 e. The van der Waals surface area contributed by atoms with Gasteiger partial charge in [-0.3, -0.25) is 4.79 Å². The SMILES string of the molecule is COc1ccc(Cl)cc1NCCC(=O)N(C)c1ccccc1. The van der Waals surface area contributed by atoms with Crippen molar-refractivity contribution in [2.45, 2.75) is 6.42 Å². The van der Waals surface area contributed by atoms with Crippen LogP contribution < -0.4 is 15.0 Å². The fraction of sp³-hybridized carbons (Fsp3) is 0.235. The second kappa shape index (κ2) is 7.71. The highest BCUT2D eigenvalue weighted by molar-refractivity contribution is 6.30. The van der Waals surface area contributed by atoms with E-state index in [4.69, 9.17) is 16.3 Å². The Balaban J connectivity index is 1.91. The number of methoxy groups -OCH3 is 1. The predicted octanol–water partition coefficient (Wildman–Crippen LogP) is 3.81. The lowest BCUT2D eigenvalue weighted by atomic mass is 10.2. The molecule has 0 aliphatic carbocycles. The largest absolute Gasteiger partial charge is 0.495 e. The normalized spacial score (nSPS) is 10.1. The number of ether oxygens (including phenoxy) is 1. The molecule has 0 aliphatic rings. The molecule has 4 nitrogen and oxygen atoms in total. The molecule has 0 heterocycles. The second-order valence-corrected chi connectivity index (χ2v) is 5.25. The van der Waals surface area contributed by atoms with E-state index in [0.717, 1.165) is 11.4 Å². The molecule has 0 bridgehead atoms. The number of anilines is 2. The van der Waals surface area contributed by atoms with Crippen LogP contribution >= 0.6 is 11.6 Å². The quantitative estimate of drug-likeness (QED) is 0.880. The first kappa shape index (κ1) is 16.2. The molecule has 0 spiro atoms. The van der Waals surface area contributed by atoms with E-state index in [-0.39, 0.29) is 5.91 Å². The Kier molecular flexibility index (Phi) is 5.67. The van der Waals surface area contributed by atoms with Crippen molar-refractivity contribution in [1.29, 1.82) is 0 Å². The van der Waals surface area contributed by atoms with Gasteiger partial charge in [-0.25, -0.2) is 0 Å². The smallest absolute Gasteiger partial charge is 0.228 e. The van der Waals surface area contributed by atoms with Crippen molar-refractivity contribution in [3.8, 4) is 5.75 Å². The lowest BCUT2D eigenvalue weighted by Crippen LogP contribution is -2.27. The molecule has 0 saturated heterocycles. The summed E-state index contributed by atoms with van der Waals surface area (Å²) in [7, 11) is 3.38. The molecule has 0 aromatic heterocycles. The fourth-order valence-corrected chi connectivity index (χ4v) is 2.26. The van der Waals surface area contributed by atoms with Gasteiger partial charge < -0.3 is 15.0 Å². The van der Waals surface area contributed by atoms with Gasteiger partial charge in [-0.2, -0.15) is 0 Å².